The number of imidazole rings is 1. The highest BCUT2D eigenvalue weighted by Crippen LogP contribution is 2.26. The quantitative estimate of drug-likeness (QED) is 0.510. The summed E-state index contributed by atoms with van der Waals surface area (Å²) in [5.74, 6) is 1.33. The Kier molecular flexibility index (Phi) is 3.77. The average Bonchev–Trinajstić information content (AvgIpc) is 2.75. The molecule has 2 unspecified atom stereocenters. The van der Waals surface area contributed by atoms with Crippen molar-refractivity contribution in [1.82, 2.24) is 9.97 Å². The van der Waals surface area contributed by atoms with E-state index in [1.807, 2.05) is 0 Å². The summed E-state index contributed by atoms with van der Waals surface area (Å²) in [6.07, 6.45) is 6.23. The van der Waals surface area contributed by atoms with E-state index in [0.29, 0.717) is 23.4 Å². The standard InChI is InChI=1S/C15H20N4O2/c1-10-5-3-2-4-6-12(10)16-15-17-13-8-7-11(19(20)21)9-14(13)18-15/h7-10,12H,2-6H2,1H3,(H2,16,17,18). The monoisotopic (exact) mass is 288 g/mol. The minimum atomic E-state index is -0.388. The maximum atomic E-state index is 10.8. The van der Waals surface area contributed by atoms with E-state index < -0.39 is 0 Å². The highest BCUT2D eigenvalue weighted by Gasteiger charge is 2.20. The number of nitrogens with one attached hydrogen (secondary N) is 2. The number of aromatic amines is 1. The number of H-pyrrole nitrogens is 1. The van der Waals surface area contributed by atoms with E-state index in [1.165, 1.54) is 37.8 Å². The molecule has 1 heterocycles. The van der Waals surface area contributed by atoms with Crippen molar-refractivity contribution in [3.05, 3.63) is 28.3 Å². The third-order valence-electron chi connectivity index (χ3n) is 4.36. The van der Waals surface area contributed by atoms with Gasteiger partial charge >= 0.3 is 0 Å². The molecule has 1 aromatic carbocycles. The topological polar surface area (TPSA) is 83.8 Å². The lowest BCUT2D eigenvalue weighted by molar-refractivity contribution is -0.384. The molecule has 6 nitrogen and oxygen atoms in total. The van der Waals surface area contributed by atoms with Gasteiger partial charge in [0.15, 0.2) is 0 Å². The molecule has 21 heavy (non-hydrogen) atoms. The first kappa shape index (κ1) is 13.9. The molecule has 112 valence electrons. The molecule has 0 amide bonds. The summed E-state index contributed by atoms with van der Waals surface area (Å²) in [7, 11) is 0. The molecule has 6 heteroatoms. The van der Waals surface area contributed by atoms with E-state index in [9.17, 15) is 10.1 Å². The van der Waals surface area contributed by atoms with Crippen LogP contribution in [-0.4, -0.2) is 20.9 Å². The number of nitro benzene ring substituents is 1. The van der Waals surface area contributed by atoms with Crippen LogP contribution in [0.2, 0.25) is 0 Å². The molecule has 1 fully saturated rings. The zero-order valence-electron chi connectivity index (χ0n) is 12.1. The Morgan fingerprint density at radius 3 is 2.95 bits per heavy atom. The molecule has 1 aromatic heterocycles. The molecule has 0 aliphatic heterocycles. The first-order valence-corrected chi connectivity index (χ1v) is 7.54. The summed E-state index contributed by atoms with van der Waals surface area (Å²) in [4.78, 5) is 18.1. The second-order valence-corrected chi connectivity index (χ2v) is 5.91. The van der Waals surface area contributed by atoms with Gasteiger partial charge in [-0.05, 0) is 24.8 Å². The molecule has 0 bridgehead atoms. The zero-order chi connectivity index (χ0) is 14.8. The van der Waals surface area contributed by atoms with Crippen LogP contribution in [0.5, 0.6) is 0 Å². The van der Waals surface area contributed by atoms with Crippen LogP contribution >= 0.6 is 0 Å². The van der Waals surface area contributed by atoms with Gasteiger partial charge in [0.2, 0.25) is 5.95 Å². The SMILES string of the molecule is CC1CCCCCC1Nc1nc2ccc([N+](=O)[O-])cc2[nH]1. The maximum Gasteiger partial charge on any atom is 0.271 e. The van der Waals surface area contributed by atoms with Gasteiger partial charge in [-0.2, -0.15) is 0 Å². The van der Waals surface area contributed by atoms with Crippen LogP contribution in [0.1, 0.15) is 39.0 Å². The van der Waals surface area contributed by atoms with Crippen LogP contribution in [0, 0.1) is 16.0 Å². The van der Waals surface area contributed by atoms with Crippen LogP contribution in [0.4, 0.5) is 11.6 Å². The van der Waals surface area contributed by atoms with Crippen LogP contribution in [0.3, 0.4) is 0 Å². The highest BCUT2D eigenvalue weighted by atomic mass is 16.6. The van der Waals surface area contributed by atoms with Gasteiger partial charge in [0.05, 0.1) is 16.0 Å². The van der Waals surface area contributed by atoms with E-state index in [0.717, 1.165) is 11.9 Å². The summed E-state index contributed by atoms with van der Waals surface area (Å²) in [5, 5.41) is 14.3. The number of anilines is 1. The molecular weight excluding hydrogens is 268 g/mol. The molecular formula is C15H20N4O2. The summed E-state index contributed by atoms with van der Waals surface area (Å²) in [6.45, 7) is 2.27. The second kappa shape index (κ2) is 5.71. The van der Waals surface area contributed by atoms with Gasteiger partial charge in [-0.15, -0.1) is 0 Å². The van der Waals surface area contributed by atoms with Crippen LogP contribution in [0.25, 0.3) is 11.0 Å². The minimum absolute atomic E-state index is 0.0838. The first-order valence-electron chi connectivity index (χ1n) is 7.54. The van der Waals surface area contributed by atoms with Gasteiger partial charge in [-0.3, -0.25) is 10.1 Å². The predicted octanol–water partition coefficient (Wildman–Crippen LogP) is 3.85. The number of rotatable bonds is 3. The van der Waals surface area contributed by atoms with Crippen molar-refractivity contribution in [3.63, 3.8) is 0 Å². The molecule has 1 aliphatic rings. The van der Waals surface area contributed by atoms with E-state index in [-0.39, 0.29) is 10.6 Å². The van der Waals surface area contributed by atoms with E-state index in [4.69, 9.17) is 0 Å². The van der Waals surface area contributed by atoms with Crippen molar-refractivity contribution < 1.29 is 4.92 Å². The smallest absolute Gasteiger partial charge is 0.271 e. The normalized spacial score (nSPS) is 22.9. The van der Waals surface area contributed by atoms with E-state index in [1.54, 1.807) is 6.07 Å². The van der Waals surface area contributed by atoms with Crippen molar-refractivity contribution in [2.45, 2.75) is 45.1 Å². The molecule has 0 saturated heterocycles. The lowest BCUT2D eigenvalue weighted by atomic mass is 9.97. The molecule has 1 aliphatic carbocycles. The second-order valence-electron chi connectivity index (χ2n) is 5.91. The number of nitro groups is 1. The molecule has 2 atom stereocenters. The number of aromatic nitrogens is 2. The molecule has 1 saturated carbocycles. The van der Waals surface area contributed by atoms with Crippen LogP contribution in [0.15, 0.2) is 18.2 Å². The summed E-state index contributed by atoms with van der Waals surface area (Å²) < 4.78 is 0. The largest absolute Gasteiger partial charge is 0.353 e. The van der Waals surface area contributed by atoms with Gasteiger partial charge in [0, 0.05) is 18.2 Å². The van der Waals surface area contributed by atoms with E-state index in [2.05, 4.69) is 22.2 Å². The van der Waals surface area contributed by atoms with Crippen molar-refractivity contribution in [3.8, 4) is 0 Å². The molecule has 2 N–H and O–H groups in total. The predicted molar refractivity (Wildman–Crippen MR) is 82.4 cm³/mol. The molecule has 0 radical (unpaired) electrons. The Balaban J connectivity index is 1.82. The number of benzene rings is 1. The first-order chi connectivity index (χ1) is 10.1. The van der Waals surface area contributed by atoms with Crippen LogP contribution in [-0.2, 0) is 0 Å². The Hall–Kier alpha value is -2.11. The van der Waals surface area contributed by atoms with Gasteiger partial charge in [0.25, 0.3) is 5.69 Å². The summed E-state index contributed by atoms with van der Waals surface area (Å²) in [6, 6.07) is 5.12. The van der Waals surface area contributed by atoms with Crippen molar-refractivity contribution in [2.24, 2.45) is 5.92 Å². The van der Waals surface area contributed by atoms with Gasteiger partial charge in [0.1, 0.15) is 0 Å². The number of fused-ring (bicyclic) bond motifs is 1. The lowest BCUT2D eigenvalue weighted by Crippen LogP contribution is -2.26. The molecule has 3 rings (SSSR count). The number of nitrogens with zero attached hydrogens (tertiary/aromatic N) is 2. The van der Waals surface area contributed by atoms with E-state index >= 15 is 0 Å². The van der Waals surface area contributed by atoms with Crippen LogP contribution < -0.4 is 5.32 Å². The van der Waals surface area contributed by atoms with Crippen molar-refractivity contribution >= 4 is 22.7 Å². The average molecular weight is 288 g/mol. The minimum Gasteiger partial charge on any atom is -0.353 e. The van der Waals surface area contributed by atoms with Gasteiger partial charge < -0.3 is 10.3 Å². The fourth-order valence-electron chi connectivity index (χ4n) is 3.06. The Morgan fingerprint density at radius 2 is 2.14 bits per heavy atom. The van der Waals surface area contributed by atoms with Crippen molar-refractivity contribution in [1.29, 1.82) is 0 Å². The Bertz CT molecular complexity index is 652. The fourth-order valence-corrected chi connectivity index (χ4v) is 3.06. The summed E-state index contributed by atoms with van der Waals surface area (Å²) in [5.41, 5.74) is 1.54. The fraction of sp³-hybridized carbons (Fsp3) is 0.533. The Morgan fingerprint density at radius 1 is 1.33 bits per heavy atom. The number of non-ortho nitro benzene ring substituents is 1. The maximum absolute atomic E-state index is 10.8. The molecule has 0 spiro atoms. The number of hydrogen-bond acceptors (Lipinski definition) is 4. The zero-order valence-corrected chi connectivity index (χ0v) is 12.1. The number of hydrogen-bond donors (Lipinski definition) is 2. The third kappa shape index (κ3) is 2.99. The Labute approximate surface area is 123 Å². The van der Waals surface area contributed by atoms with Gasteiger partial charge in [-0.1, -0.05) is 26.2 Å². The summed E-state index contributed by atoms with van der Waals surface area (Å²) >= 11 is 0. The molecule has 2 aromatic rings. The van der Waals surface area contributed by atoms with Gasteiger partial charge in [-0.25, -0.2) is 4.98 Å². The third-order valence-corrected chi connectivity index (χ3v) is 4.36. The van der Waals surface area contributed by atoms with Crippen molar-refractivity contribution in [2.75, 3.05) is 5.32 Å². The lowest BCUT2D eigenvalue weighted by Gasteiger charge is -2.22. The highest BCUT2D eigenvalue weighted by molar-refractivity contribution is 5.79.